The van der Waals surface area contributed by atoms with Crippen molar-refractivity contribution in [3.63, 3.8) is 0 Å². The molecule has 3 N–H and O–H groups in total. The molecule has 4 rings (SSSR count). The number of carbonyl (C=O) groups is 5. The number of piperidine rings is 1. The summed E-state index contributed by atoms with van der Waals surface area (Å²) in [6.45, 7) is 2.30. The summed E-state index contributed by atoms with van der Waals surface area (Å²) in [5.74, 6) is -2.43. The molecule has 36 heavy (non-hydrogen) atoms. The van der Waals surface area contributed by atoms with Gasteiger partial charge in [0.2, 0.25) is 17.7 Å². The minimum absolute atomic E-state index is 0.0383. The van der Waals surface area contributed by atoms with Crippen LogP contribution in [0.3, 0.4) is 0 Å². The maximum Gasteiger partial charge on any atom is 0.278 e. The Labute approximate surface area is 212 Å². The summed E-state index contributed by atoms with van der Waals surface area (Å²) in [5, 5.41) is 8.63. The molecule has 1 saturated heterocycles. The van der Waals surface area contributed by atoms with Crippen molar-refractivity contribution in [3.05, 3.63) is 76.0 Å². The summed E-state index contributed by atoms with van der Waals surface area (Å²) in [6, 6.07) is 11.8. The van der Waals surface area contributed by atoms with Gasteiger partial charge in [-0.15, -0.1) is 0 Å². The van der Waals surface area contributed by atoms with Crippen molar-refractivity contribution in [3.8, 4) is 0 Å². The van der Waals surface area contributed by atoms with E-state index in [4.69, 9.17) is 11.6 Å². The molecule has 2 aliphatic rings. The number of hydrogen-bond donors (Lipinski definition) is 3. The van der Waals surface area contributed by atoms with Crippen LogP contribution in [-0.4, -0.2) is 40.5 Å². The monoisotopic (exact) mass is 508 g/mol. The molecule has 1 fully saturated rings. The smallest absolute Gasteiger partial charge is 0.278 e. The van der Waals surface area contributed by atoms with Gasteiger partial charge in [0.1, 0.15) is 11.7 Å². The van der Waals surface area contributed by atoms with E-state index in [9.17, 15) is 24.0 Å². The van der Waals surface area contributed by atoms with Crippen LogP contribution < -0.4 is 16.0 Å². The number of aryl methyl sites for hydroxylation is 2. The summed E-state index contributed by atoms with van der Waals surface area (Å²) in [7, 11) is 0. The van der Waals surface area contributed by atoms with Gasteiger partial charge in [0, 0.05) is 36.2 Å². The number of imide groups is 2. The fourth-order valence-electron chi connectivity index (χ4n) is 4.05. The Kier molecular flexibility index (Phi) is 7.49. The van der Waals surface area contributed by atoms with Crippen LogP contribution in [0.4, 0.5) is 5.69 Å². The van der Waals surface area contributed by atoms with Crippen molar-refractivity contribution in [1.82, 2.24) is 15.5 Å². The molecule has 5 amide bonds. The van der Waals surface area contributed by atoms with Gasteiger partial charge in [0.05, 0.1) is 0 Å². The number of nitrogens with one attached hydrogen (secondary N) is 3. The first-order valence-corrected chi connectivity index (χ1v) is 11.9. The molecule has 186 valence electrons. The molecule has 2 aliphatic heterocycles. The molecular formula is C26H25ClN4O5. The lowest BCUT2D eigenvalue weighted by atomic mass is 10.0. The van der Waals surface area contributed by atoms with Crippen LogP contribution in [0.2, 0.25) is 5.02 Å². The number of hydrogen-bond acceptors (Lipinski definition) is 6. The molecule has 0 bridgehead atoms. The predicted octanol–water partition coefficient (Wildman–Crippen LogP) is 2.37. The Balaban J connectivity index is 1.31. The fourth-order valence-corrected chi connectivity index (χ4v) is 4.25. The Morgan fingerprint density at radius 1 is 1.11 bits per heavy atom. The van der Waals surface area contributed by atoms with E-state index in [1.807, 2.05) is 31.2 Å². The lowest BCUT2D eigenvalue weighted by Crippen LogP contribution is -2.54. The molecule has 0 saturated carbocycles. The van der Waals surface area contributed by atoms with Gasteiger partial charge >= 0.3 is 0 Å². The van der Waals surface area contributed by atoms with Gasteiger partial charge in [-0.1, -0.05) is 35.9 Å². The van der Waals surface area contributed by atoms with E-state index in [0.717, 1.165) is 27.7 Å². The van der Waals surface area contributed by atoms with Crippen molar-refractivity contribution in [1.29, 1.82) is 0 Å². The highest BCUT2D eigenvalue weighted by Crippen LogP contribution is 2.23. The van der Waals surface area contributed by atoms with Gasteiger partial charge in [0.15, 0.2) is 0 Å². The molecular weight excluding hydrogens is 484 g/mol. The van der Waals surface area contributed by atoms with E-state index in [1.54, 1.807) is 18.2 Å². The predicted molar refractivity (Wildman–Crippen MR) is 133 cm³/mol. The number of benzene rings is 2. The van der Waals surface area contributed by atoms with Crippen LogP contribution in [0.25, 0.3) is 0 Å². The third-order valence-electron chi connectivity index (χ3n) is 6.05. The second-order valence-electron chi connectivity index (χ2n) is 8.72. The third kappa shape index (κ3) is 5.80. The van der Waals surface area contributed by atoms with Crippen LogP contribution >= 0.6 is 11.6 Å². The Morgan fingerprint density at radius 2 is 1.92 bits per heavy atom. The van der Waals surface area contributed by atoms with E-state index in [0.29, 0.717) is 23.7 Å². The number of halogens is 1. The lowest BCUT2D eigenvalue weighted by molar-refractivity contribution is -0.149. The van der Waals surface area contributed by atoms with Crippen LogP contribution in [0.15, 0.2) is 54.2 Å². The minimum Gasteiger partial charge on any atom is -0.352 e. The standard InChI is InChI=1S/C26H25ClN4O5/c1-15-5-6-17(12-19(15)27)14-28-22(32)9-7-16-3-2-4-18(11-16)29-20-13-24(34)31(26(20)36)21-8-10-23(33)30-25(21)35/h2-6,11-13,21,29H,7-10,14H2,1H3,(H,28,32)(H,30,33,35). The third-order valence-corrected chi connectivity index (χ3v) is 6.46. The zero-order valence-electron chi connectivity index (χ0n) is 19.6. The molecule has 0 spiro atoms. The molecule has 1 unspecified atom stereocenters. The first kappa shape index (κ1) is 25.1. The van der Waals surface area contributed by atoms with Crippen LogP contribution in [0.1, 0.15) is 36.0 Å². The Hall–Kier alpha value is -3.98. The van der Waals surface area contributed by atoms with Crippen molar-refractivity contribution in [2.75, 3.05) is 5.32 Å². The molecule has 2 heterocycles. The summed E-state index contributed by atoms with van der Waals surface area (Å²) in [5.41, 5.74) is 3.37. The van der Waals surface area contributed by atoms with Crippen molar-refractivity contribution in [2.24, 2.45) is 0 Å². The Bertz CT molecular complexity index is 1290. The molecule has 2 aromatic rings. The van der Waals surface area contributed by atoms with E-state index < -0.39 is 29.7 Å². The lowest BCUT2D eigenvalue weighted by Gasteiger charge is -2.28. The van der Waals surface area contributed by atoms with Gasteiger partial charge in [-0.3, -0.25) is 34.2 Å². The van der Waals surface area contributed by atoms with Crippen LogP contribution in [0.5, 0.6) is 0 Å². The fraction of sp³-hybridized carbons (Fsp3) is 0.269. The number of nitrogens with zero attached hydrogens (tertiary/aromatic N) is 1. The molecule has 0 aliphatic carbocycles. The number of rotatable bonds is 8. The van der Waals surface area contributed by atoms with E-state index >= 15 is 0 Å². The topological polar surface area (TPSA) is 125 Å². The number of anilines is 1. The second kappa shape index (κ2) is 10.7. The van der Waals surface area contributed by atoms with Crippen molar-refractivity contribution < 1.29 is 24.0 Å². The van der Waals surface area contributed by atoms with Gasteiger partial charge in [-0.25, -0.2) is 0 Å². The normalized spacial score (nSPS) is 17.7. The highest BCUT2D eigenvalue weighted by Gasteiger charge is 2.42. The summed E-state index contributed by atoms with van der Waals surface area (Å²) < 4.78 is 0. The number of amides is 5. The zero-order valence-corrected chi connectivity index (χ0v) is 20.4. The second-order valence-corrected chi connectivity index (χ2v) is 9.13. The average Bonchev–Trinajstić information content (AvgIpc) is 3.11. The molecule has 10 heteroatoms. The molecule has 0 aromatic heterocycles. The molecule has 9 nitrogen and oxygen atoms in total. The average molecular weight is 509 g/mol. The van der Waals surface area contributed by atoms with Gasteiger partial charge < -0.3 is 10.6 Å². The summed E-state index contributed by atoms with van der Waals surface area (Å²) in [6.07, 6.45) is 2.04. The van der Waals surface area contributed by atoms with E-state index in [2.05, 4.69) is 16.0 Å². The van der Waals surface area contributed by atoms with Gasteiger partial charge in [-0.05, 0) is 54.7 Å². The largest absolute Gasteiger partial charge is 0.352 e. The quantitative estimate of drug-likeness (QED) is 0.470. The van der Waals surface area contributed by atoms with Crippen molar-refractivity contribution in [2.45, 2.75) is 45.2 Å². The van der Waals surface area contributed by atoms with Crippen LogP contribution in [-0.2, 0) is 36.9 Å². The van der Waals surface area contributed by atoms with E-state index in [1.165, 1.54) is 0 Å². The van der Waals surface area contributed by atoms with Gasteiger partial charge in [-0.2, -0.15) is 0 Å². The summed E-state index contributed by atoms with van der Waals surface area (Å²) in [4.78, 5) is 61.9. The molecule has 0 radical (unpaired) electrons. The maximum absolute atomic E-state index is 12.8. The van der Waals surface area contributed by atoms with Gasteiger partial charge in [0.25, 0.3) is 11.8 Å². The first-order chi connectivity index (χ1) is 17.2. The minimum atomic E-state index is -1.01. The van der Waals surface area contributed by atoms with E-state index in [-0.39, 0.29) is 30.9 Å². The van der Waals surface area contributed by atoms with Crippen LogP contribution in [0, 0.1) is 6.92 Å². The molecule has 1 atom stereocenters. The zero-order chi connectivity index (χ0) is 25.8. The highest BCUT2D eigenvalue weighted by molar-refractivity contribution is 6.31. The highest BCUT2D eigenvalue weighted by atomic mass is 35.5. The summed E-state index contributed by atoms with van der Waals surface area (Å²) >= 11 is 6.13. The molecule has 2 aromatic carbocycles. The first-order valence-electron chi connectivity index (χ1n) is 11.5. The van der Waals surface area contributed by atoms with Crippen molar-refractivity contribution >= 4 is 46.8 Å². The number of carbonyl (C=O) groups excluding carboxylic acids is 5. The Morgan fingerprint density at radius 3 is 2.67 bits per heavy atom. The SMILES string of the molecule is Cc1ccc(CNC(=O)CCc2cccc(NC3=CC(=O)N(C4CCC(=O)NC4=O)C3=O)c2)cc1Cl. The maximum atomic E-state index is 12.8.